The molecule has 1 fully saturated rings. The zero-order chi connectivity index (χ0) is 30.8. The quantitative estimate of drug-likeness (QED) is 0.0933. The molecule has 0 saturated carbocycles. The first-order valence-electron chi connectivity index (χ1n) is 13.5. The van der Waals surface area contributed by atoms with Gasteiger partial charge in [-0.3, -0.25) is 5.32 Å². The Morgan fingerprint density at radius 2 is 1.88 bits per heavy atom. The third kappa shape index (κ3) is 7.01. The van der Waals surface area contributed by atoms with Crippen LogP contribution in [0.15, 0.2) is 54.9 Å². The minimum absolute atomic E-state index is 0.0390. The number of carbonyl (C=O) groups excluding carboxylic acids is 1. The number of quaternary nitrogens is 1. The lowest BCUT2D eigenvalue weighted by molar-refractivity contribution is -0.497. The van der Waals surface area contributed by atoms with E-state index in [-0.39, 0.29) is 37.1 Å². The maximum Gasteiger partial charge on any atom is 0.417 e. The number of fused-ring (bicyclic) bond motifs is 1. The molecule has 3 heterocycles. The van der Waals surface area contributed by atoms with Crippen molar-refractivity contribution >= 4 is 36.6 Å². The Balaban J connectivity index is 1.37. The average Bonchev–Trinajstić information content (AvgIpc) is 3.31. The molecule has 1 amide bonds. The van der Waals surface area contributed by atoms with Crippen molar-refractivity contribution in [1.82, 2.24) is 9.55 Å². The SMILES string of the molecule is C[Si](C)(C)CCOCn1cc(C2(O)COC2)c2c(Oc3c(F)cc(NC(=O)Oc4ccc([NH2+][O-])cc4)cc3F)ccnc21. The van der Waals surface area contributed by atoms with Crippen molar-refractivity contribution in [3.63, 3.8) is 0 Å². The summed E-state index contributed by atoms with van der Waals surface area (Å²) in [6.07, 6.45) is 2.14. The van der Waals surface area contributed by atoms with Crippen molar-refractivity contribution in [3.05, 3.63) is 77.3 Å². The number of pyridine rings is 1. The highest BCUT2D eigenvalue weighted by atomic mass is 28.3. The lowest BCUT2D eigenvalue weighted by atomic mass is 9.92. The van der Waals surface area contributed by atoms with E-state index < -0.39 is 37.2 Å². The van der Waals surface area contributed by atoms with Crippen LogP contribution in [0.25, 0.3) is 11.0 Å². The highest BCUT2D eigenvalue weighted by Crippen LogP contribution is 2.41. The Labute approximate surface area is 246 Å². The first-order valence-corrected chi connectivity index (χ1v) is 17.2. The molecule has 0 spiro atoms. The van der Waals surface area contributed by atoms with E-state index in [0.29, 0.717) is 34.4 Å². The van der Waals surface area contributed by atoms with Gasteiger partial charge in [0, 0.05) is 56.9 Å². The lowest BCUT2D eigenvalue weighted by Gasteiger charge is -2.36. The van der Waals surface area contributed by atoms with Crippen LogP contribution in [-0.4, -0.2) is 48.6 Å². The van der Waals surface area contributed by atoms with Crippen LogP contribution >= 0.6 is 0 Å². The van der Waals surface area contributed by atoms with Crippen molar-refractivity contribution in [2.45, 2.75) is 38.0 Å². The van der Waals surface area contributed by atoms with Gasteiger partial charge in [0.05, 0.1) is 24.3 Å². The van der Waals surface area contributed by atoms with E-state index in [2.05, 4.69) is 29.9 Å². The van der Waals surface area contributed by atoms with Crippen molar-refractivity contribution in [1.29, 1.82) is 0 Å². The fraction of sp³-hybridized carbons (Fsp3) is 0.310. The van der Waals surface area contributed by atoms with Crippen LogP contribution < -0.4 is 20.3 Å². The second-order valence-electron chi connectivity index (χ2n) is 11.5. The van der Waals surface area contributed by atoms with Gasteiger partial charge in [-0.05, 0) is 24.2 Å². The van der Waals surface area contributed by atoms with Gasteiger partial charge in [-0.2, -0.15) is 0 Å². The van der Waals surface area contributed by atoms with E-state index in [1.54, 1.807) is 10.8 Å². The van der Waals surface area contributed by atoms with Gasteiger partial charge >= 0.3 is 6.09 Å². The molecule has 0 atom stereocenters. The zero-order valence-corrected chi connectivity index (χ0v) is 24.9. The third-order valence-electron chi connectivity index (χ3n) is 6.81. The summed E-state index contributed by atoms with van der Waals surface area (Å²) in [6.45, 7) is 7.55. The number of halogens is 2. The number of carbonyl (C=O) groups is 1. The number of hydrogen-bond donors (Lipinski definition) is 3. The highest BCUT2D eigenvalue weighted by molar-refractivity contribution is 6.76. The van der Waals surface area contributed by atoms with Gasteiger partial charge in [0.1, 0.15) is 35.2 Å². The monoisotopic (exact) mass is 614 g/mol. The summed E-state index contributed by atoms with van der Waals surface area (Å²) in [7, 11) is -1.31. The normalized spacial score (nSPS) is 14.4. The molecule has 228 valence electrons. The van der Waals surface area contributed by atoms with E-state index in [1.807, 2.05) is 0 Å². The summed E-state index contributed by atoms with van der Waals surface area (Å²) < 4.78 is 54.1. The highest BCUT2D eigenvalue weighted by Gasteiger charge is 2.41. The Morgan fingerprint density at radius 1 is 1.19 bits per heavy atom. The molecule has 4 N–H and O–H groups in total. The maximum absolute atomic E-state index is 15.2. The van der Waals surface area contributed by atoms with Crippen molar-refractivity contribution in [3.8, 4) is 17.2 Å². The summed E-state index contributed by atoms with van der Waals surface area (Å²) in [5, 5.41) is 24.6. The number of rotatable bonds is 11. The Hall–Kier alpha value is -3.92. The first-order chi connectivity index (χ1) is 20.5. The molecule has 0 radical (unpaired) electrons. The minimum Gasteiger partial charge on any atom is -0.630 e. The molecule has 2 aromatic carbocycles. The van der Waals surface area contributed by atoms with Crippen molar-refractivity contribution in [2.75, 3.05) is 25.1 Å². The summed E-state index contributed by atoms with van der Waals surface area (Å²) in [4.78, 5) is 16.7. The maximum atomic E-state index is 15.2. The van der Waals surface area contributed by atoms with Gasteiger partial charge in [0.2, 0.25) is 0 Å². The van der Waals surface area contributed by atoms with Crippen LogP contribution in [0, 0.1) is 16.8 Å². The number of aromatic nitrogens is 2. The van der Waals surface area contributed by atoms with E-state index in [0.717, 1.165) is 18.2 Å². The van der Waals surface area contributed by atoms with Gasteiger partial charge in [-0.15, -0.1) is 0 Å². The number of amides is 1. The van der Waals surface area contributed by atoms with Crippen LogP contribution in [0.1, 0.15) is 5.56 Å². The molecule has 1 aliphatic heterocycles. The molecule has 4 aromatic rings. The second kappa shape index (κ2) is 12.4. The first kappa shape index (κ1) is 30.5. The average molecular weight is 615 g/mol. The standard InChI is InChI=1S/C29H32F2N4O7Si/c1-43(2,3)11-10-39-17-35-14-21(29(37)15-40-16-29)25-24(8-9-32-27(25)35)42-26-22(30)12-19(13-23(26)31)33-28(36)41-20-6-4-18(34-38)5-7-20/h4-9,12-14,37H,10-11,15-17,34H2,1-3H3,(H,33,36). The summed E-state index contributed by atoms with van der Waals surface area (Å²) in [6, 6.07) is 9.91. The van der Waals surface area contributed by atoms with Crippen molar-refractivity contribution in [2.24, 2.45) is 0 Å². The summed E-state index contributed by atoms with van der Waals surface area (Å²) in [5.41, 5.74) is 0.337. The summed E-state index contributed by atoms with van der Waals surface area (Å²) in [5.74, 6) is -2.68. The molecule has 5 rings (SSSR count). The molecule has 0 bridgehead atoms. The molecule has 0 unspecified atom stereocenters. The van der Waals surface area contributed by atoms with Crippen molar-refractivity contribution < 1.29 is 43.1 Å². The number of anilines is 1. The number of nitrogens with zero attached hydrogens (tertiary/aromatic N) is 2. The second-order valence-corrected chi connectivity index (χ2v) is 17.1. The number of nitrogens with two attached hydrogens (primary N) is 1. The smallest absolute Gasteiger partial charge is 0.417 e. The number of benzene rings is 2. The molecular weight excluding hydrogens is 582 g/mol. The molecule has 14 heteroatoms. The van der Waals surface area contributed by atoms with Gasteiger partial charge in [-0.25, -0.2) is 18.6 Å². The Bertz CT molecular complexity index is 1600. The number of hydrogen-bond acceptors (Lipinski definition) is 8. The van der Waals surface area contributed by atoms with Gasteiger partial charge in [-0.1, -0.05) is 19.6 Å². The van der Waals surface area contributed by atoms with Gasteiger partial charge < -0.3 is 39.3 Å². The fourth-order valence-electron chi connectivity index (χ4n) is 4.42. The van der Waals surface area contributed by atoms with E-state index in [9.17, 15) is 15.1 Å². The van der Waals surface area contributed by atoms with Crippen LogP contribution in [0.4, 0.5) is 25.0 Å². The molecular formula is C29H32F2N4O7Si. The zero-order valence-electron chi connectivity index (χ0n) is 23.9. The number of ether oxygens (including phenoxy) is 4. The topological polar surface area (TPSA) is 144 Å². The van der Waals surface area contributed by atoms with Crippen LogP contribution in [-0.2, 0) is 21.8 Å². The largest absolute Gasteiger partial charge is 0.630 e. The molecule has 1 aliphatic rings. The predicted molar refractivity (Wildman–Crippen MR) is 156 cm³/mol. The van der Waals surface area contributed by atoms with Crippen LogP contribution in [0.5, 0.6) is 17.2 Å². The van der Waals surface area contributed by atoms with E-state index in [1.165, 1.54) is 36.5 Å². The lowest BCUT2D eigenvalue weighted by Crippen LogP contribution is -2.70. The van der Waals surface area contributed by atoms with Gasteiger partial charge in [0.15, 0.2) is 17.4 Å². The Morgan fingerprint density at radius 3 is 2.49 bits per heavy atom. The minimum atomic E-state index is -1.33. The van der Waals surface area contributed by atoms with Crippen LogP contribution in [0.2, 0.25) is 25.7 Å². The molecule has 2 aromatic heterocycles. The molecule has 43 heavy (non-hydrogen) atoms. The molecule has 1 saturated heterocycles. The summed E-state index contributed by atoms with van der Waals surface area (Å²) >= 11 is 0. The Kier molecular flexibility index (Phi) is 8.78. The third-order valence-corrected chi connectivity index (χ3v) is 8.52. The van der Waals surface area contributed by atoms with E-state index in [4.69, 9.17) is 18.9 Å². The van der Waals surface area contributed by atoms with E-state index >= 15 is 8.78 Å². The molecule has 0 aliphatic carbocycles. The predicted octanol–water partition coefficient (Wildman–Crippen LogP) is 4.94. The number of aliphatic hydroxyl groups is 1. The number of nitrogens with one attached hydrogen (secondary N) is 1. The fourth-order valence-corrected chi connectivity index (χ4v) is 5.18. The van der Waals surface area contributed by atoms with Gasteiger partial charge in [0.25, 0.3) is 0 Å². The van der Waals surface area contributed by atoms with Crippen LogP contribution in [0.3, 0.4) is 0 Å². The molecule has 11 nitrogen and oxygen atoms in total.